The third kappa shape index (κ3) is 5.66. The molecular formula is C33H39N3O6. The van der Waals surface area contributed by atoms with Gasteiger partial charge in [-0.1, -0.05) is 24.3 Å². The van der Waals surface area contributed by atoms with Gasteiger partial charge in [0.25, 0.3) is 5.91 Å². The van der Waals surface area contributed by atoms with Crippen molar-refractivity contribution in [1.29, 1.82) is 0 Å². The predicted octanol–water partition coefficient (Wildman–Crippen LogP) is 5.21. The maximum Gasteiger partial charge on any atom is 0.410 e. The quantitative estimate of drug-likeness (QED) is 0.450. The Morgan fingerprint density at radius 2 is 1.71 bits per heavy atom. The Morgan fingerprint density at radius 1 is 1.00 bits per heavy atom. The molecular weight excluding hydrogens is 534 g/mol. The second-order valence-electron chi connectivity index (χ2n) is 12.3. The highest BCUT2D eigenvalue weighted by atomic mass is 16.6. The summed E-state index contributed by atoms with van der Waals surface area (Å²) in [6.07, 6.45) is 2.61. The summed E-state index contributed by atoms with van der Waals surface area (Å²) >= 11 is 0. The van der Waals surface area contributed by atoms with Crippen LogP contribution in [0.15, 0.2) is 42.6 Å². The monoisotopic (exact) mass is 573 g/mol. The van der Waals surface area contributed by atoms with E-state index >= 15 is 0 Å². The Morgan fingerprint density at radius 3 is 2.38 bits per heavy atom. The molecule has 1 aromatic heterocycles. The normalized spacial score (nSPS) is 16.6. The summed E-state index contributed by atoms with van der Waals surface area (Å²) < 4.78 is 12.9. The highest BCUT2D eigenvalue weighted by Gasteiger charge is 2.34. The molecule has 0 spiro atoms. The Hall–Kier alpha value is -4.11. The van der Waals surface area contributed by atoms with Crippen molar-refractivity contribution in [3.63, 3.8) is 0 Å². The number of ether oxygens (including phenoxy) is 2. The van der Waals surface area contributed by atoms with E-state index in [-0.39, 0.29) is 17.5 Å². The fourth-order valence-electron chi connectivity index (χ4n) is 6.01. The number of fused-ring (bicyclic) bond motifs is 2. The third-order valence-corrected chi connectivity index (χ3v) is 8.20. The van der Waals surface area contributed by atoms with Crippen LogP contribution in [0.5, 0.6) is 0 Å². The summed E-state index contributed by atoms with van der Waals surface area (Å²) in [5, 5.41) is 10.2. The first-order valence-electron chi connectivity index (χ1n) is 14.3. The van der Waals surface area contributed by atoms with E-state index in [4.69, 9.17) is 9.47 Å². The predicted molar refractivity (Wildman–Crippen MR) is 159 cm³/mol. The number of methoxy groups -OCH3 is 1. The number of carboxylic acids is 1. The van der Waals surface area contributed by atoms with Crippen LogP contribution in [0.1, 0.15) is 69.4 Å². The van der Waals surface area contributed by atoms with Gasteiger partial charge in [-0.3, -0.25) is 4.79 Å². The van der Waals surface area contributed by atoms with Crippen molar-refractivity contribution in [2.75, 3.05) is 20.3 Å². The fraction of sp³-hybridized carbons (Fsp3) is 0.424. The van der Waals surface area contributed by atoms with Gasteiger partial charge in [0.15, 0.2) is 0 Å². The Labute approximate surface area is 246 Å². The van der Waals surface area contributed by atoms with Gasteiger partial charge >= 0.3 is 12.1 Å². The van der Waals surface area contributed by atoms with E-state index in [1.807, 2.05) is 56.0 Å². The smallest absolute Gasteiger partial charge is 0.410 e. The van der Waals surface area contributed by atoms with Crippen molar-refractivity contribution in [2.24, 2.45) is 7.05 Å². The Bertz CT molecular complexity index is 1550. The van der Waals surface area contributed by atoms with Crippen molar-refractivity contribution in [3.8, 4) is 11.1 Å². The first-order valence-corrected chi connectivity index (χ1v) is 14.3. The molecule has 0 radical (unpaired) electrons. The molecule has 2 aliphatic heterocycles. The Balaban J connectivity index is 1.62. The molecule has 3 aromatic rings. The second-order valence-corrected chi connectivity index (χ2v) is 12.3. The van der Waals surface area contributed by atoms with Gasteiger partial charge in [-0.05, 0) is 80.5 Å². The molecule has 42 heavy (non-hydrogen) atoms. The number of aromatic carboxylic acids is 1. The van der Waals surface area contributed by atoms with Gasteiger partial charge in [-0.2, -0.15) is 0 Å². The number of nitrogens with zero attached hydrogens (tertiary/aromatic N) is 3. The lowest BCUT2D eigenvalue weighted by atomic mass is 9.88. The number of aryl methyl sites for hydroxylation is 1. The lowest BCUT2D eigenvalue weighted by Gasteiger charge is -2.37. The van der Waals surface area contributed by atoms with E-state index in [0.717, 1.165) is 16.7 Å². The van der Waals surface area contributed by atoms with E-state index in [0.29, 0.717) is 61.5 Å². The minimum atomic E-state index is -1.04. The zero-order chi connectivity index (χ0) is 30.3. The Kier molecular flexibility index (Phi) is 7.90. The number of amides is 2. The molecule has 0 aliphatic carbocycles. The molecule has 0 fully saturated rings. The van der Waals surface area contributed by atoms with Crippen LogP contribution in [0.2, 0.25) is 0 Å². The molecule has 222 valence electrons. The van der Waals surface area contributed by atoms with E-state index in [1.54, 1.807) is 36.7 Å². The summed E-state index contributed by atoms with van der Waals surface area (Å²) in [6, 6.07) is 11.7. The van der Waals surface area contributed by atoms with Crippen molar-refractivity contribution in [1.82, 2.24) is 14.4 Å². The first kappa shape index (κ1) is 29.4. The number of carbonyl (C=O) groups excluding carboxylic acids is 2. The number of benzene rings is 2. The largest absolute Gasteiger partial charge is 0.478 e. The molecule has 0 saturated heterocycles. The van der Waals surface area contributed by atoms with Crippen LogP contribution in [-0.2, 0) is 42.5 Å². The van der Waals surface area contributed by atoms with Crippen LogP contribution in [-0.4, -0.2) is 69.3 Å². The summed E-state index contributed by atoms with van der Waals surface area (Å²) in [5.74, 6) is -1.24. The number of rotatable bonds is 5. The van der Waals surface area contributed by atoms with E-state index in [9.17, 15) is 19.5 Å². The molecule has 9 heteroatoms. The molecule has 9 nitrogen and oxygen atoms in total. The number of carbonyl (C=O) groups is 3. The fourth-order valence-corrected chi connectivity index (χ4v) is 6.01. The maximum atomic E-state index is 14.6. The SMILES string of the molecule is COC[C@@H]1Cc2ccccc2CN1C(=O)c1cc2c(cc1-c1cn(C)c(C)c1C(=O)O)CCN(C(=O)OC(C)(C)C)C2. The molecule has 3 heterocycles. The topological polar surface area (TPSA) is 101 Å². The van der Waals surface area contributed by atoms with Crippen molar-refractivity contribution < 1.29 is 29.0 Å². The van der Waals surface area contributed by atoms with Crippen molar-refractivity contribution >= 4 is 18.0 Å². The number of hydrogen-bond donors (Lipinski definition) is 1. The zero-order valence-electron chi connectivity index (χ0n) is 25.2. The van der Waals surface area contributed by atoms with Gasteiger partial charge in [0, 0.05) is 56.8 Å². The average Bonchev–Trinajstić information content (AvgIpc) is 3.24. The highest BCUT2D eigenvalue weighted by Crippen LogP contribution is 2.36. The van der Waals surface area contributed by atoms with Crippen LogP contribution in [0, 0.1) is 6.92 Å². The number of hydrogen-bond acceptors (Lipinski definition) is 5. The van der Waals surface area contributed by atoms with Gasteiger partial charge in [0.2, 0.25) is 0 Å². The second kappa shape index (κ2) is 11.3. The number of aromatic nitrogens is 1. The van der Waals surface area contributed by atoms with Crippen LogP contribution < -0.4 is 0 Å². The molecule has 1 atom stereocenters. The molecule has 0 bridgehead atoms. The maximum absolute atomic E-state index is 14.6. The van der Waals surface area contributed by atoms with E-state index in [1.165, 1.54) is 5.56 Å². The van der Waals surface area contributed by atoms with Crippen LogP contribution >= 0.6 is 0 Å². The molecule has 0 unspecified atom stereocenters. The average molecular weight is 574 g/mol. The molecule has 2 aromatic carbocycles. The van der Waals surface area contributed by atoms with E-state index in [2.05, 4.69) is 6.07 Å². The molecule has 2 aliphatic rings. The summed E-state index contributed by atoms with van der Waals surface area (Å²) in [7, 11) is 3.44. The van der Waals surface area contributed by atoms with Gasteiger partial charge < -0.3 is 28.9 Å². The number of carboxylic acid groups (broad SMARTS) is 1. The van der Waals surface area contributed by atoms with E-state index < -0.39 is 17.7 Å². The van der Waals surface area contributed by atoms with Gasteiger partial charge in [-0.15, -0.1) is 0 Å². The summed E-state index contributed by atoms with van der Waals surface area (Å²) in [5.41, 5.74) is 5.76. The minimum absolute atomic E-state index is 0.176. The third-order valence-electron chi connectivity index (χ3n) is 8.20. The van der Waals surface area contributed by atoms with Gasteiger partial charge in [-0.25, -0.2) is 9.59 Å². The summed E-state index contributed by atoms with van der Waals surface area (Å²) in [6.45, 7) is 8.83. The van der Waals surface area contributed by atoms with Crippen LogP contribution in [0.4, 0.5) is 4.79 Å². The van der Waals surface area contributed by atoms with Crippen molar-refractivity contribution in [3.05, 3.63) is 81.7 Å². The summed E-state index contributed by atoms with van der Waals surface area (Å²) in [4.78, 5) is 43.4. The lowest BCUT2D eigenvalue weighted by Crippen LogP contribution is -2.47. The molecule has 0 saturated carbocycles. The van der Waals surface area contributed by atoms with Crippen LogP contribution in [0.3, 0.4) is 0 Å². The zero-order valence-corrected chi connectivity index (χ0v) is 25.2. The molecule has 5 rings (SSSR count). The van der Waals surface area contributed by atoms with Gasteiger partial charge in [0.05, 0.1) is 18.2 Å². The molecule has 1 N–H and O–H groups in total. The van der Waals surface area contributed by atoms with Gasteiger partial charge in [0.1, 0.15) is 5.60 Å². The standard InChI is InChI=1S/C33H39N3O6/c1-20-29(31(38)39)28(18-34(20)5)26-14-22-11-12-35(32(40)42-33(2,3)4)16-24(22)15-27(26)30(37)36-17-23-10-8-7-9-21(23)13-25(36)19-41-6/h7-10,14-15,18,25H,11-13,16-17,19H2,1-6H3,(H,38,39)/t25-/m0/s1. The lowest BCUT2D eigenvalue weighted by molar-refractivity contribution is 0.0223. The first-order chi connectivity index (χ1) is 19.9. The molecule has 2 amide bonds. The van der Waals surface area contributed by atoms with Crippen molar-refractivity contribution in [2.45, 2.75) is 65.3 Å². The van der Waals surface area contributed by atoms with Crippen LogP contribution in [0.25, 0.3) is 11.1 Å². The minimum Gasteiger partial charge on any atom is -0.478 e. The highest BCUT2D eigenvalue weighted by molar-refractivity contribution is 6.05.